The molecule has 0 saturated heterocycles. The first-order valence-electron chi connectivity index (χ1n) is 7.24. The summed E-state index contributed by atoms with van der Waals surface area (Å²) in [6, 6.07) is 12.6. The number of anilines is 1. The van der Waals surface area contributed by atoms with Crippen LogP contribution in [-0.2, 0) is 6.42 Å². The van der Waals surface area contributed by atoms with Crippen molar-refractivity contribution in [1.82, 2.24) is 15.2 Å². The van der Waals surface area contributed by atoms with Crippen molar-refractivity contribution in [3.05, 3.63) is 70.6 Å². The summed E-state index contributed by atoms with van der Waals surface area (Å²) in [5.41, 5.74) is 2.81. The summed E-state index contributed by atoms with van der Waals surface area (Å²) in [6.07, 6.45) is 2.17. The number of carbonyl (C=O) groups is 1. The van der Waals surface area contributed by atoms with Crippen LogP contribution in [0.3, 0.4) is 0 Å². The molecule has 0 aliphatic carbocycles. The molecule has 0 radical (unpaired) electrons. The molecule has 3 aromatic rings. The molecule has 0 aliphatic rings. The molecule has 0 atom stereocenters. The van der Waals surface area contributed by atoms with E-state index in [0.717, 1.165) is 11.3 Å². The Morgan fingerprint density at radius 3 is 2.71 bits per heavy atom. The van der Waals surface area contributed by atoms with E-state index >= 15 is 0 Å². The Bertz CT molecular complexity index is 829. The smallest absolute Gasteiger partial charge is 0.276 e. The van der Waals surface area contributed by atoms with Crippen molar-refractivity contribution in [2.24, 2.45) is 0 Å². The molecule has 6 nitrogen and oxygen atoms in total. The molecule has 0 aliphatic heterocycles. The Balaban J connectivity index is 1.65. The van der Waals surface area contributed by atoms with E-state index in [4.69, 9.17) is 16.3 Å². The molecule has 0 fully saturated rings. The monoisotopic (exact) mass is 342 g/mol. The number of nitrogens with one attached hydrogen (secondary N) is 2. The van der Waals surface area contributed by atoms with E-state index in [0.29, 0.717) is 28.7 Å². The number of methoxy groups -OCH3 is 1. The highest BCUT2D eigenvalue weighted by Gasteiger charge is 2.11. The SMILES string of the molecule is COc1ccc(NC(=O)c2cc(Cc3ccc(Cl)cc3)[nH]n2)cn1. The quantitative estimate of drug-likeness (QED) is 0.745. The lowest BCUT2D eigenvalue weighted by Crippen LogP contribution is -2.12. The van der Waals surface area contributed by atoms with Crippen LogP contribution in [0.5, 0.6) is 5.88 Å². The van der Waals surface area contributed by atoms with Crippen LogP contribution in [0.25, 0.3) is 0 Å². The van der Waals surface area contributed by atoms with Gasteiger partial charge in [0.2, 0.25) is 5.88 Å². The van der Waals surface area contributed by atoms with Gasteiger partial charge in [0, 0.05) is 23.2 Å². The lowest BCUT2D eigenvalue weighted by atomic mass is 10.1. The first-order chi connectivity index (χ1) is 11.6. The minimum Gasteiger partial charge on any atom is -0.481 e. The standard InChI is InChI=1S/C17H15ClN4O2/c1-24-16-7-6-13(10-19-16)20-17(23)15-9-14(21-22-15)8-11-2-4-12(18)5-3-11/h2-7,9-10H,8H2,1H3,(H,20,23)(H,21,22). The minimum atomic E-state index is -0.305. The van der Waals surface area contributed by atoms with E-state index < -0.39 is 0 Å². The van der Waals surface area contributed by atoms with Gasteiger partial charge >= 0.3 is 0 Å². The van der Waals surface area contributed by atoms with Gasteiger partial charge in [0.15, 0.2) is 5.69 Å². The Morgan fingerprint density at radius 2 is 2.04 bits per heavy atom. The third kappa shape index (κ3) is 3.91. The van der Waals surface area contributed by atoms with Crippen LogP contribution in [0.15, 0.2) is 48.7 Å². The summed E-state index contributed by atoms with van der Waals surface area (Å²) in [7, 11) is 1.53. The van der Waals surface area contributed by atoms with Gasteiger partial charge in [-0.1, -0.05) is 23.7 Å². The Hall–Kier alpha value is -2.86. The molecule has 7 heteroatoms. The fourth-order valence-corrected chi connectivity index (χ4v) is 2.29. The molecular weight excluding hydrogens is 328 g/mol. The largest absolute Gasteiger partial charge is 0.481 e. The predicted octanol–water partition coefficient (Wildman–Crippen LogP) is 3.31. The number of H-pyrrole nitrogens is 1. The molecule has 1 aromatic carbocycles. The van der Waals surface area contributed by atoms with Gasteiger partial charge in [-0.15, -0.1) is 0 Å². The van der Waals surface area contributed by atoms with Gasteiger partial charge in [0.05, 0.1) is 19.0 Å². The second-order valence-corrected chi connectivity index (χ2v) is 5.56. The number of aromatic amines is 1. The number of ether oxygens (including phenoxy) is 1. The number of pyridine rings is 1. The van der Waals surface area contributed by atoms with Crippen molar-refractivity contribution in [3.8, 4) is 5.88 Å². The summed E-state index contributed by atoms with van der Waals surface area (Å²) in [6.45, 7) is 0. The molecule has 122 valence electrons. The Morgan fingerprint density at radius 1 is 1.25 bits per heavy atom. The van der Waals surface area contributed by atoms with Crippen molar-refractivity contribution in [2.45, 2.75) is 6.42 Å². The normalized spacial score (nSPS) is 10.4. The zero-order chi connectivity index (χ0) is 16.9. The summed E-state index contributed by atoms with van der Waals surface area (Å²) in [5, 5.41) is 10.4. The maximum atomic E-state index is 12.2. The third-order valence-corrected chi connectivity index (χ3v) is 3.63. The van der Waals surface area contributed by atoms with Gasteiger partial charge in [-0.3, -0.25) is 9.89 Å². The van der Waals surface area contributed by atoms with Crippen molar-refractivity contribution in [3.63, 3.8) is 0 Å². The summed E-state index contributed by atoms with van der Waals surface area (Å²) in [5.74, 6) is 0.179. The minimum absolute atomic E-state index is 0.305. The number of carbonyl (C=O) groups excluding carboxylic acids is 1. The Kier molecular flexibility index (Phi) is 4.77. The number of aromatic nitrogens is 3. The van der Waals surface area contributed by atoms with E-state index in [2.05, 4.69) is 20.5 Å². The number of hydrogen-bond donors (Lipinski definition) is 2. The van der Waals surface area contributed by atoms with E-state index in [-0.39, 0.29) is 5.91 Å². The van der Waals surface area contributed by atoms with Gasteiger partial charge in [-0.05, 0) is 29.8 Å². The predicted molar refractivity (Wildman–Crippen MR) is 91.6 cm³/mol. The molecule has 0 saturated carbocycles. The number of benzene rings is 1. The molecule has 2 heterocycles. The molecule has 2 N–H and O–H groups in total. The maximum absolute atomic E-state index is 12.2. The van der Waals surface area contributed by atoms with Gasteiger partial charge in [0.25, 0.3) is 5.91 Å². The van der Waals surface area contributed by atoms with Gasteiger partial charge in [0.1, 0.15) is 0 Å². The summed E-state index contributed by atoms with van der Waals surface area (Å²) in [4.78, 5) is 16.2. The second kappa shape index (κ2) is 7.14. The number of halogens is 1. The molecule has 0 bridgehead atoms. The average Bonchev–Trinajstić information content (AvgIpc) is 3.06. The van der Waals surface area contributed by atoms with Gasteiger partial charge in [-0.2, -0.15) is 5.10 Å². The van der Waals surface area contributed by atoms with E-state index in [1.807, 2.05) is 24.3 Å². The van der Waals surface area contributed by atoms with Crippen LogP contribution in [-0.4, -0.2) is 28.2 Å². The van der Waals surface area contributed by atoms with Crippen LogP contribution < -0.4 is 10.1 Å². The lowest BCUT2D eigenvalue weighted by Gasteiger charge is -2.03. The van der Waals surface area contributed by atoms with Crippen molar-refractivity contribution >= 4 is 23.2 Å². The fraction of sp³-hybridized carbons (Fsp3) is 0.118. The maximum Gasteiger partial charge on any atom is 0.276 e. The van der Waals surface area contributed by atoms with Crippen LogP contribution >= 0.6 is 11.6 Å². The number of hydrogen-bond acceptors (Lipinski definition) is 4. The second-order valence-electron chi connectivity index (χ2n) is 5.13. The highest BCUT2D eigenvalue weighted by Crippen LogP contribution is 2.15. The Labute approximate surface area is 143 Å². The zero-order valence-electron chi connectivity index (χ0n) is 12.9. The molecule has 1 amide bonds. The van der Waals surface area contributed by atoms with Crippen LogP contribution in [0.4, 0.5) is 5.69 Å². The van der Waals surface area contributed by atoms with Crippen molar-refractivity contribution < 1.29 is 9.53 Å². The zero-order valence-corrected chi connectivity index (χ0v) is 13.7. The van der Waals surface area contributed by atoms with Crippen molar-refractivity contribution in [1.29, 1.82) is 0 Å². The first-order valence-corrected chi connectivity index (χ1v) is 7.62. The molecule has 0 spiro atoms. The van der Waals surface area contributed by atoms with Crippen molar-refractivity contribution in [2.75, 3.05) is 12.4 Å². The first kappa shape index (κ1) is 16.0. The third-order valence-electron chi connectivity index (χ3n) is 3.37. The number of amides is 1. The topological polar surface area (TPSA) is 79.9 Å². The highest BCUT2D eigenvalue weighted by atomic mass is 35.5. The highest BCUT2D eigenvalue weighted by molar-refractivity contribution is 6.30. The fourth-order valence-electron chi connectivity index (χ4n) is 2.16. The van der Waals surface area contributed by atoms with E-state index in [1.165, 1.54) is 13.3 Å². The van der Waals surface area contributed by atoms with Gasteiger partial charge in [-0.25, -0.2) is 4.98 Å². The molecule has 2 aromatic heterocycles. The van der Waals surface area contributed by atoms with Crippen LogP contribution in [0.1, 0.15) is 21.7 Å². The lowest BCUT2D eigenvalue weighted by molar-refractivity contribution is 0.102. The molecule has 0 unspecified atom stereocenters. The molecule has 3 rings (SSSR count). The van der Waals surface area contributed by atoms with E-state index in [1.54, 1.807) is 18.2 Å². The average molecular weight is 343 g/mol. The number of nitrogens with zero attached hydrogens (tertiary/aromatic N) is 2. The number of rotatable bonds is 5. The summed E-state index contributed by atoms with van der Waals surface area (Å²) >= 11 is 5.87. The molecule has 24 heavy (non-hydrogen) atoms. The van der Waals surface area contributed by atoms with Crippen LogP contribution in [0, 0.1) is 0 Å². The van der Waals surface area contributed by atoms with Gasteiger partial charge < -0.3 is 10.1 Å². The summed E-state index contributed by atoms with van der Waals surface area (Å²) < 4.78 is 4.98. The van der Waals surface area contributed by atoms with Crippen LogP contribution in [0.2, 0.25) is 5.02 Å². The van der Waals surface area contributed by atoms with E-state index in [9.17, 15) is 4.79 Å². The molecular formula is C17H15ClN4O2.